The number of nitrogens with zero attached hydrogens (tertiary/aromatic N) is 1. The highest BCUT2D eigenvalue weighted by Crippen LogP contribution is 2.64. The summed E-state index contributed by atoms with van der Waals surface area (Å²) in [5.74, 6) is 2.26. The minimum Gasteiger partial charge on any atom is -0.508 e. The molecule has 0 spiro atoms. The summed E-state index contributed by atoms with van der Waals surface area (Å²) in [6.45, 7) is 10.1. The van der Waals surface area contributed by atoms with Crippen molar-refractivity contribution in [1.82, 2.24) is 0 Å². The van der Waals surface area contributed by atoms with Crippen LogP contribution in [-0.2, 0) is 6.42 Å². The van der Waals surface area contributed by atoms with E-state index < -0.39 is 5.60 Å². The summed E-state index contributed by atoms with van der Waals surface area (Å²) in [6.07, 6.45) is 11.0. The highest BCUT2D eigenvalue weighted by molar-refractivity contribution is 5.40. The first kappa shape index (κ1) is 20.9. The summed E-state index contributed by atoms with van der Waals surface area (Å²) in [6, 6.07) is 6.00. The van der Waals surface area contributed by atoms with Crippen molar-refractivity contribution in [3.05, 3.63) is 41.5 Å². The van der Waals surface area contributed by atoms with E-state index in [2.05, 4.69) is 46.0 Å². The Morgan fingerprint density at radius 3 is 2.62 bits per heavy atom. The van der Waals surface area contributed by atoms with Crippen molar-refractivity contribution in [3.8, 4) is 5.75 Å². The molecule has 3 heteroatoms. The van der Waals surface area contributed by atoms with Gasteiger partial charge in [-0.3, -0.25) is 0 Å². The van der Waals surface area contributed by atoms with Crippen LogP contribution in [0.5, 0.6) is 5.75 Å². The van der Waals surface area contributed by atoms with E-state index in [-0.39, 0.29) is 5.41 Å². The maximum absolute atomic E-state index is 11.8. The predicted octanol–water partition coefficient (Wildman–Crippen LogP) is 5.02. The quantitative estimate of drug-likeness (QED) is 0.540. The first-order chi connectivity index (χ1) is 13.8. The van der Waals surface area contributed by atoms with Crippen molar-refractivity contribution in [2.45, 2.75) is 70.8 Å². The van der Waals surface area contributed by atoms with Crippen molar-refractivity contribution >= 4 is 0 Å². The Kier molecular flexibility index (Phi) is 5.36. The zero-order chi connectivity index (χ0) is 20.9. The minimum absolute atomic E-state index is 0.0130. The Balaban J connectivity index is 1.55. The molecule has 3 nitrogen and oxygen atoms in total. The molecule has 2 N–H and O–H groups in total. The summed E-state index contributed by atoms with van der Waals surface area (Å²) in [5, 5.41) is 21.7. The lowest BCUT2D eigenvalue weighted by atomic mass is 9.53. The summed E-state index contributed by atoms with van der Waals surface area (Å²) < 4.78 is 1.03. The summed E-state index contributed by atoms with van der Waals surface area (Å²) in [5.41, 5.74) is 2.13. The number of fused-ring (bicyclic) bond motifs is 5. The number of aryl methyl sites for hydroxylation is 1. The monoisotopic (exact) mass is 398 g/mol. The van der Waals surface area contributed by atoms with Gasteiger partial charge in [0.1, 0.15) is 5.75 Å². The van der Waals surface area contributed by atoms with Crippen molar-refractivity contribution in [2.75, 3.05) is 26.7 Å². The van der Waals surface area contributed by atoms with E-state index >= 15 is 0 Å². The highest BCUT2D eigenvalue weighted by atomic mass is 16.3. The van der Waals surface area contributed by atoms with Gasteiger partial charge in [-0.15, -0.1) is 0 Å². The number of rotatable bonds is 5. The lowest BCUT2D eigenvalue weighted by Gasteiger charge is -2.52. The number of hydrogen-bond acceptors (Lipinski definition) is 2. The molecule has 0 aromatic heterocycles. The normalized spacial score (nSPS) is 36.7. The zero-order valence-corrected chi connectivity index (χ0v) is 18.8. The third kappa shape index (κ3) is 3.35. The molecule has 0 amide bonds. The molecule has 2 fully saturated rings. The highest BCUT2D eigenvalue weighted by Gasteiger charge is 2.60. The first-order valence-electron chi connectivity index (χ1n) is 11.8. The Labute approximate surface area is 177 Å². The molecule has 2 saturated carbocycles. The smallest absolute Gasteiger partial charge is 0.115 e. The predicted molar refractivity (Wildman–Crippen MR) is 119 cm³/mol. The molecule has 3 aliphatic carbocycles. The zero-order valence-electron chi connectivity index (χ0n) is 18.8. The van der Waals surface area contributed by atoms with Gasteiger partial charge in [-0.1, -0.05) is 19.1 Å². The minimum atomic E-state index is -0.663. The van der Waals surface area contributed by atoms with Gasteiger partial charge in [0, 0.05) is 5.41 Å². The van der Waals surface area contributed by atoms with Crippen LogP contribution >= 0.6 is 0 Å². The lowest BCUT2D eigenvalue weighted by Crippen LogP contribution is -2.50. The van der Waals surface area contributed by atoms with Gasteiger partial charge in [-0.05, 0) is 99.5 Å². The molecular formula is C26H40NO2+. The van der Waals surface area contributed by atoms with E-state index in [1.165, 1.54) is 17.5 Å². The van der Waals surface area contributed by atoms with E-state index in [4.69, 9.17) is 0 Å². The SMILES string of the molecule is CC[N+](C)(CC)C/C=C/[C@]1(O)CCC2C3CCc4cc(O)ccc4C3CC[C@@]21C. The molecule has 3 aliphatic rings. The van der Waals surface area contributed by atoms with E-state index in [9.17, 15) is 10.2 Å². The largest absolute Gasteiger partial charge is 0.508 e. The van der Waals surface area contributed by atoms with E-state index in [1.807, 2.05) is 12.1 Å². The van der Waals surface area contributed by atoms with Gasteiger partial charge in [0.05, 0.1) is 32.3 Å². The Bertz CT molecular complexity index is 783. The second kappa shape index (κ2) is 7.42. The molecule has 5 atom stereocenters. The molecular weight excluding hydrogens is 358 g/mol. The van der Waals surface area contributed by atoms with Crippen LogP contribution in [0.3, 0.4) is 0 Å². The molecule has 3 unspecified atom stereocenters. The van der Waals surface area contributed by atoms with Gasteiger partial charge in [0.15, 0.2) is 0 Å². The third-order valence-corrected chi connectivity index (χ3v) is 9.39. The lowest BCUT2D eigenvalue weighted by molar-refractivity contribution is -0.900. The number of hydrogen-bond donors (Lipinski definition) is 2. The molecule has 0 radical (unpaired) electrons. The molecule has 0 heterocycles. The topological polar surface area (TPSA) is 40.5 Å². The van der Waals surface area contributed by atoms with Crippen LogP contribution in [0.2, 0.25) is 0 Å². The summed E-state index contributed by atoms with van der Waals surface area (Å²) >= 11 is 0. The molecule has 4 rings (SSSR count). The molecule has 1 aromatic carbocycles. The second-order valence-corrected chi connectivity index (χ2v) is 10.6. The summed E-state index contributed by atoms with van der Waals surface area (Å²) in [7, 11) is 2.30. The van der Waals surface area contributed by atoms with Gasteiger partial charge >= 0.3 is 0 Å². The Morgan fingerprint density at radius 1 is 1.14 bits per heavy atom. The van der Waals surface area contributed by atoms with E-state index in [0.717, 1.165) is 56.2 Å². The van der Waals surface area contributed by atoms with Gasteiger partial charge < -0.3 is 14.7 Å². The van der Waals surface area contributed by atoms with E-state index in [1.54, 1.807) is 0 Å². The summed E-state index contributed by atoms with van der Waals surface area (Å²) in [4.78, 5) is 0. The second-order valence-electron chi connectivity index (χ2n) is 10.6. The average Bonchev–Trinajstić information content (AvgIpc) is 2.98. The maximum atomic E-state index is 11.8. The van der Waals surface area contributed by atoms with Gasteiger partial charge in [-0.25, -0.2) is 0 Å². The van der Waals surface area contributed by atoms with Crippen molar-refractivity contribution < 1.29 is 14.7 Å². The molecule has 29 heavy (non-hydrogen) atoms. The number of benzene rings is 1. The van der Waals surface area contributed by atoms with Crippen LogP contribution < -0.4 is 0 Å². The number of aliphatic hydroxyl groups is 1. The van der Waals surface area contributed by atoms with Crippen molar-refractivity contribution in [1.29, 1.82) is 0 Å². The Morgan fingerprint density at radius 2 is 1.90 bits per heavy atom. The standard InChI is InChI=1S/C26H39NO2/c1-5-27(4,6-2)17-7-14-26(29)16-13-24-23-10-8-19-18-20(28)9-11-21(19)22(23)12-15-25(24,26)3/h7,9,11,14,18,22-24,29H,5-6,8,10,12-13,15-17H2,1-4H3/p+1/b14-7+/t22?,23?,24?,25-,26-/m0/s1. The van der Waals surface area contributed by atoms with E-state index in [0.29, 0.717) is 23.5 Å². The fourth-order valence-corrected chi connectivity index (χ4v) is 6.88. The van der Waals surface area contributed by atoms with Crippen LogP contribution in [0, 0.1) is 17.3 Å². The van der Waals surface area contributed by atoms with Gasteiger partial charge in [-0.2, -0.15) is 0 Å². The van der Waals surface area contributed by atoms with Crippen LogP contribution in [0.4, 0.5) is 0 Å². The number of phenolic OH excluding ortho intramolecular Hbond substituents is 1. The van der Waals surface area contributed by atoms with Crippen LogP contribution in [-0.4, -0.2) is 47.0 Å². The van der Waals surface area contributed by atoms with Crippen molar-refractivity contribution in [3.63, 3.8) is 0 Å². The van der Waals surface area contributed by atoms with Crippen LogP contribution in [0.25, 0.3) is 0 Å². The Hall–Kier alpha value is -1.32. The fourth-order valence-electron chi connectivity index (χ4n) is 6.88. The van der Waals surface area contributed by atoms with Crippen LogP contribution in [0.1, 0.15) is 69.9 Å². The maximum Gasteiger partial charge on any atom is 0.115 e. The van der Waals surface area contributed by atoms with Gasteiger partial charge in [0.2, 0.25) is 0 Å². The molecule has 0 bridgehead atoms. The number of aromatic hydroxyl groups is 1. The number of quaternary nitrogens is 1. The third-order valence-electron chi connectivity index (χ3n) is 9.39. The molecule has 1 aromatic rings. The molecule has 0 aliphatic heterocycles. The first-order valence-corrected chi connectivity index (χ1v) is 11.8. The average molecular weight is 399 g/mol. The number of likely N-dealkylation sites (N-methyl/N-ethyl adjacent to an activating group) is 1. The fraction of sp³-hybridized carbons (Fsp3) is 0.692. The van der Waals surface area contributed by atoms with Crippen LogP contribution in [0.15, 0.2) is 30.4 Å². The van der Waals surface area contributed by atoms with Gasteiger partial charge in [0.25, 0.3) is 0 Å². The van der Waals surface area contributed by atoms with Crippen molar-refractivity contribution in [2.24, 2.45) is 17.3 Å². The molecule has 160 valence electrons. The number of phenols is 1. The molecule has 0 saturated heterocycles.